The second-order valence-corrected chi connectivity index (χ2v) is 7.77. The Balaban J connectivity index is 1.32. The van der Waals surface area contributed by atoms with Crippen LogP contribution in [0, 0.1) is 0 Å². The Labute approximate surface area is 161 Å². The lowest BCUT2D eigenvalue weighted by molar-refractivity contribution is -0.129. The van der Waals surface area contributed by atoms with Gasteiger partial charge in [0.05, 0.1) is 16.8 Å². The van der Waals surface area contributed by atoms with Crippen molar-refractivity contribution in [2.45, 2.75) is 24.6 Å². The van der Waals surface area contributed by atoms with Crippen molar-refractivity contribution in [3.05, 3.63) is 64.8 Å². The minimum atomic E-state index is -0.0620. The van der Waals surface area contributed by atoms with Gasteiger partial charge in [-0.25, -0.2) is 4.79 Å². The number of amides is 1. The molecular formula is C20H22N4O2S. The number of aromatic nitrogens is 3. The molecule has 3 aromatic rings. The third-order valence-electron chi connectivity index (χ3n) is 5.02. The maximum atomic E-state index is 12.5. The average molecular weight is 382 g/mol. The number of nitrogens with zero attached hydrogens (tertiary/aromatic N) is 3. The van der Waals surface area contributed by atoms with Crippen LogP contribution in [-0.2, 0) is 10.5 Å². The number of imidazole rings is 1. The number of carbonyl (C=O) groups is 1. The Morgan fingerprint density at radius 2 is 2.00 bits per heavy atom. The predicted octanol–water partition coefficient (Wildman–Crippen LogP) is 2.82. The molecule has 0 unspecified atom stereocenters. The number of hydrogen-bond donors (Lipinski definition) is 1. The van der Waals surface area contributed by atoms with Gasteiger partial charge < -0.3 is 9.88 Å². The van der Waals surface area contributed by atoms with Gasteiger partial charge in [-0.2, -0.15) is 0 Å². The van der Waals surface area contributed by atoms with Crippen LogP contribution in [0.5, 0.6) is 0 Å². The van der Waals surface area contributed by atoms with Crippen molar-refractivity contribution in [1.29, 1.82) is 0 Å². The highest BCUT2D eigenvalue weighted by atomic mass is 32.2. The molecule has 1 fully saturated rings. The molecule has 0 radical (unpaired) electrons. The molecule has 0 aliphatic carbocycles. The summed E-state index contributed by atoms with van der Waals surface area (Å²) in [6.07, 6.45) is 5.20. The maximum absolute atomic E-state index is 12.5. The molecule has 27 heavy (non-hydrogen) atoms. The molecule has 140 valence electrons. The number of piperidine rings is 1. The first kappa shape index (κ1) is 17.9. The van der Waals surface area contributed by atoms with E-state index < -0.39 is 0 Å². The lowest BCUT2D eigenvalue weighted by Crippen LogP contribution is -2.41. The summed E-state index contributed by atoms with van der Waals surface area (Å²) in [6, 6.07) is 11.8. The van der Waals surface area contributed by atoms with Gasteiger partial charge in [-0.1, -0.05) is 18.2 Å². The van der Waals surface area contributed by atoms with Gasteiger partial charge in [0.25, 0.3) is 0 Å². The van der Waals surface area contributed by atoms with E-state index in [0.29, 0.717) is 18.8 Å². The van der Waals surface area contributed by atoms with Gasteiger partial charge >= 0.3 is 5.69 Å². The van der Waals surface area contributed by atoms with E-state index in [0.717, 1.165) is 35.2 Å². The van der Waals surface area contributed by atoms with Gasteiger partial charge in [0.1, 0.15) is 0 Å². The standard InChI is InChI=1S/C20H22N4O2S/c25-19(14-27-13-15-4-3-9-21-12-15)23-10-7-16(8-11-23)24-18-6-2-1-5-17(18)22-20(24)26/h1-6,9,12,16H,7-8,10-11,13-14H2,(H,22,26). The number of hydrogen-bond acceptors (Lipinski definition) is 4. The van der Waals surface area contributed by atoms with Gasteiger partial charge in [0, 0.05) is 37.3 Å². The van der Waals surface area contributed by atoms with Crippen LogP contribution in [0.3, 0.4) is 0 Å². The van der Waals surface area contributed by atoms with E-state index >= 15 is 0 Å². The molecule has 7 heteroatoms. The van der Waals surface area contributed by atoms with Crippen LogP contribution in [0.15, 0.2) is 53.6 Å². The molecule has 1 saturated heterocycles. The van der Waals surface area contributed by atoms with E-state index in [1.807, 2.05) is 52.1 Å². The highest BCUT2D eigenvalue weighted by molar-refractivity contribution is 7.99. The van der Waals surface area contributed by atoms with E-state index in [1.54, 1.807) is 18.0 Å². The van der Waals surface area contributed by atoms with Gasteiger partial charge in [0.2, 0.25) is 5.91 Å². The number of benzene rings is 1. The van der Waals surface area contributed by atoms with Crippen LogP contribution in [0.4, 0.5) is 0 Å². The Morgan fingerprint density at radius 1 is 1.19 bits per heavy atom. The van der Waals surface area contributed by atoms with Crippen LogP contribution in [0.25, 0.3) is 11.0 Å². The summed E-state index contributed by atoms with van der Waals surface area (Å²) >= 11 is 1.62. The predicted molar refractivity (Wildman–Crippen MR) is 108 cm³/mol. The minimum Gasteiger partial charge on any atom is -0.342 e. The van der Waals surface area contributed by atoms with E-state index in [4.69, 9.17) is 0 Å². The summed E-state index contributed by atoms with van der Waals surface area (Å²) in [5.74, 6) is 1.45. The SMILES string of the molecule is O=C(CSCc1cccnc1)N1CCC(n2c(=O)[nH]c3ccccc32)CC1. The molecular weight excluding hydrogens is 360 g/mol. The van der Waals surface area contributed by atoms with Crippen molar-refractivity contribution in [2.24, 2.45) is 0 Å². The Kier molecular flexibility index (Phi) is 5.29. The molecule has 1 aromatic carbocycles. The third-order valence-corrected chi connectivity index (χ3v) is 6.01. The largest absolute Gasteiger partial charge is 0.342 e. The number of aromatic amines is 1. The minimum absolute atomic E-state index is 0.0620. The van der Waals surface area contributed by atoms with E-state index in [2.05, 4.69) is 9.97 Å². The molecule has 1 N–H and O–H groups in total. The van der Waals surface area contributed by atoms with Crippen molar-refractivity contribution < 1.29 is 4.79 Å². The first-order valence-corrected chi connectivity index (χ1v) is 10.3. The Morgan fingerprint density at radius 3 is 2.78 bits per heavy atom. The van der Waals surface area contributed by atoms with Crippen LogP contribution in [-0.4, -0.2) is 44.2 Å². The summed E-state index contributed by atoms with van der Waals surface area (Å²) in [5, 5.41) is 0. The summed E-state index contributed by atoms with van der Waals surface area (Å²) < 4.78 is 1.86. The topological polar surface area (TPSA) is 71.0 Å². The van der Waals surface area contributed by atoms with Gasteiger partial charge in [-0.15, -0.1) is 11.8 Å². The molecule has 1 amide bonds. The highest BCUT2D eigenvalue weighted by Gasteiger charge is 2.25. The maximum Gasteiger partial charge on any atom is 0.326 e. The summed E-state index contributed by atoms with van der Waals surface area (Å²) in [7, 11) is 0. The molecule has 6 nitrogen and oxygen atoms in total. The fourth-order valence-corrected chi connectivity index (χ4v) is 4.51. The van der Waals surface area contributed by atoms with Crippen molar-refractivity contribution in [3.8, 4) is 0 Å². The number of likely N-dealkylation sites (tertiary alicyclic amines) is 1. The van der Waals surface area contributed by atoms with Crippen molar-refractivity contribution >= 4 is 28.7 Å². The van der Waals surface area contributed by atoms with Crippen molar-refractivity contribution in [1.82, 2.24) is 19.4 Å². The number of fused-ring (bicyclic) bond motifs is 1. The number of rotatable bonds is 5. The summed E-state index contributed by atoms with van der Waals surface area (Å²) in [6.45, 7) is 1.39. The monoisotopic (exact) mass is 382 g/mol. The number of pyridine rings is 1. The molecule has 0 saturated carbocycles. The van der Waals surface area contributed by atoms with E-state index in [1.165, 1.54) is 0 Å². The molecule has 1 aliphatic heterocycles. The molecule has 2 aromatic heterocycles. The molecule has 4 rings (SSSR count). The quantitative estimate of drug-likeness (QED) is 0.737. The molecule has 0 atom stereocenters. The third kappa shape index (κ3) is 3.93. The van der Waals surface area contributed by atoms with E-state index in [-0.39, 0.29) is 17.6 Å². The van der Waals surface area contributed by atoms with Crippen molar-refractivity contribution in [3.63, 3.8) is 0 Å². The average Bonchev–Trinajstić information content (AvgIpc) is 3.04. The zero-order valence-corrected chi connectivity index (χ0v) is 15.8. The first-order valence-electron chi connectivity index (χ1n) is 9.16. The smallest absolute Gasteiger partial charge is 0.326 e. The fraction of sp³-hybridized carbons (Fsp3) is 0.350. The highest BCUT2D eigenvalue weighted by Crippen LogP contribution is 2.25. The number of thioether (sulfide) groups is 1. The number of H-pyrrole nitrogens is 1. The lowest BCUT2D eigenvalue weighted by Gasteiger charge is -2.32. The second-order valence-electron chi connectivity index (χ2n) is 6.78. The first-order chi connectivity index (χ1) is 13.2. The number of nitrogens with one attached hydrogen (secondary N) is 1. The zero-order chi connectivity index (χ0) is 18.6. The zero-order valence-electron chi connectivity index (χ0n) is 15.0. The lowest BCUT2D eigenvalue weighted by atomic mass is 10.0. The van der Waals surface area contributed by atoms with Crippen molar-refractivity contribution in [2.75, 3.05) is 18.8 Å². The second kappa shape index (κ2) is 8.00. The van der Waals surface area contributed by atoms with Gasteiger partial charge in [-0.05, 0) is 36.6 Å². The molecule has 0 spiro atoms. The summed E-state index contributed by atoms with van der Waals surface area (Å²) in [4.78, 5) is 33.8. The Bertz CT molecular complexity index is 974. The fourth-order valence-electron chi connectivity index (χ4n) is 3.64. The molecule has 0 bridgehead atoms. The normalized spacial score (nSPS) is 15.3. The van der Waals surface area contributed by atoms with Crippen LogP contribution < -0.4 is 5.69 Å². The van der Waals surface area contributed by atoms with Gasteiger partial charge in [-0.3, -0.25) is 14.3 Å². The van der Waals surface area contributed by atoms with E-state index in [9.17, 15) is 9.59 Å². The Hall–Kier alpha value is -2.54. The van der Waals surface area contributed by atoms with Crippen LogP contribution >= 0.6 is 11.8 Å². The van der Waals surface area contributed by atoms with Gasteiger partial charge in [0.15, 0.2) is 0 Å². The summed E-state index contributed by atoms with van der Waals surface area (Å²) in [5.41, 5.74) is 2.88. The number of carbonyl (C=O) groups excluding carboxylic acids is 1. The molecule has 3 heterocycles. The van der Waals surface area contributed by atoms with Crippen LogP contribution in [0.1, 0.15) is 24.4 Å². The molecule has 1 aliphatic rings. The number of para-hydroxylation sites is 2. The van der Waals surface area contributed by atoms with Crippen LogP contribution in [0.2, 0.25) is 0 Å².